The summed E-state index contributed by atoms with van der Waals surface area (Å²) < 4.78 is 40.8. The van der Waals surface area contributed by atoms with E-state index in [9.17, 15) is 12.8 Å². The van der Waals surface area contributed by atoms with Gasteiger partial charge in [0.1, 0.15) is 5.82 Å². The van der Waals surface area contributed by atoms with Crippen molar-refractivity contribution in [2.45, 2.75) is 37.6 Å². The maximum Gasteiger partial charge on any atom is 0.243 e. The van der Waals surface area contributed by atoms with E-state index in [1.165, 1.54) is 12.1 Å². The molecule has 4 nitrogen and oxygen atoms in total. The summed E-state index contributed by atoms with van der Waals surface area (Å²) in [5.41, 5.74) is 0.964. The Kier molecular flexibility index (Phi) is 3.80. The standard InChI is InChI=1S/C15H21FN2O2S/c1-10-6-13(16)7-11(2)15(10)21(19,20)18-8-12-4-3-5-17-14(12)9-18/h6-7,12,14,17H,3-5,8-9H2,1-2H3. The van der Waals surface area contributed by atoms with Crippen molar-refractivity contribution in [2.24, 2.45) is 5.92 Å². The lowest BCUT2D eigenvalue weighted by Crippen LogP contribution is -2.41. The molecule has 2 aliphatic rings. The Hall–Kier alpha value is -0.980. The van der Waals surface area contributed by atoms with E-state index in [0.29, 0.717) is 30.1 Å². The molecule has 2 saturated heterocycles. The number of halogens is 1. The molecule has 116 valence electrons. The molecule has 1 N–H and O–H groups in total. The normalized spacial score (nSPS) is 26.8. The van der Waals surface area contributed by atoms with Gasteiger partial charge in [-0.1, -0.05) is 0 Å². The van der Waals surface area contributed by atoms with Gasteiger partial charge in [0.2, 0.25) is 10.0 Å². The summed E-state index contributed by atoms with van der Waals surface area (Å²) in [6, 6.07) is 2.84. The monoisotopic (exact) mass is 312 g/mol. The number of hydrogen-bond acceptors (Lipinski definition) is 3. The fraction of sp³-hybridized carbons (Fsp3) is 0.600. The molecule has 0 bridgehead atoms. The summed E-state index contributed by atoms with van der Waals surface area (Å²) in [4.78, 5) is 0.266. The maximum atomic E-state index is 13.4. The summed E-state index contributed by atoms with van der Waals surface area (Å²) >= 11 is 0. The SMILES string of the molecule is Cc1cc(F)cc(C)c1S(=O)(=O)N1CC2CCCNC2C1. The lowest BCUT2D eigenvalue weighted by molar-refractivity contribution is 0.339. The summed E-state index contributed by atoms with van der Waals surface area (Å²) in [6.45, 7) is 5.36. The van der Waals surface area contributed by atoms with Crippen molar-refractivity contribution in [3.05, 3.63) is 29.1 Å². The highest BCUT2D eigenvalue weighted by Crippen LogP contribution is 2.32. The number of hydrogen-bond donors (Lipinski definition) is 1. The number of benzene rings is 1. The predicted octanol–water partition coefficient (Wildman–Crippen LogP) is 1.82. The molecule has 2 aliphatic heterocycles. The number of fused-ring (bicyclic) bond motifs is 1. The molecule has 2 heterocycles. The summed E-state index contributed by atoms with van der Waals surface area (Å²) in [5.74, 6) is 0.00953. The zero-order valence-corrected chi connectivity index (χ0v) is 13.2. The third-order valence-corrected chi connectivity index (χ3v) is 6.73. The second-order valence-electron chi connectivity index (χ2n) is 6.15. The first-order valence-corrected chi connectivity index (χ1v) is 8.84. The fourth-order valence-electron chi connectivity index (χ4n) is 3.64. The number of aryl methyl sites for hydroxylation is 2. The van der Waals surface area contributed by atoms with Gasteiger partial charge in [-0.15, -0.1) is 0 Å². The van der Waals surface area contributed by atoms with Gasteiger partial charge >= 0.3 is 0 Å². The Morgan fingerprint density at radius 1 is 1.24 bits per heavy atom. The van der Waals surface area contributed by atoms with E-state index in [0.717, 1.165) is 19.4 Å². The molecule has 0 saturated carbocycles. The van der Waals surface area contributed by atoms with Crippen molar-refractivity contribution < 1.29 is 12.8 Å². The fourth-order valence-corrected chi connectivity index (χ4v) is 5.57. The van der Waals surface area contributed by atoms with Crippen LogP contribution in [0, 0.1) is 25.6 Å². The average molecular weight is 312 g/mol. The van der Waals surface area contributed by atoms with Crippen LogP contribution in [0.3, 0.4) is 0 Å². The zero-order chi connectivity index (χ0) is 15.2. The largest absolute Gasteiger partial charge is 0.312 e. The van der Waals surface area contributed by atoms with Gasteiger partial charge in [-0.25, -0.2) is 12.8 Å². The molecule has 1 aromatic rings. The van der Waals surface area contributed by atoms with E-state index in [2.05, 4.69) is 5.32 Å². The number of sulfonamides is 1. The van der Waals surface area contributed by atoms with Gasteiger partial charge in [-0.05, 0) is 62.4 Å². The van der Waals surface area contributed by atoms with Gasteiger partial charge < -0.3 is 5.32 Å². The quantitative estimate of drug-likeness (QED) is 0.906. The summed E-state index contributed by atoms with van der Waals surface area (Å²) in [6.07, 6.45) is 2.18. The molecule has 6 heteroatoms. The Labute approximate surface area is 125 Å². The molecule has 0 amide bonds. The first-order chi connectivity index (χ1) is 9.89. The van der Waals surface area contributed by atoms with Gasteiger partial charge in [-0.3, -0.25) is 0 Å². The Balaban J connectivity index is 1.95. The molecule has 2 atom stereocenters. The molecular weight excluding hydrogens is 291 g/mol. The zero-order valence-electron chi connectivity index (χ0n) is 12.4. The van der Waals surface area contributed by atoms with Crippen LogP contribution in [0.25, 0.3) is 0 Å². The number of nitrogens with zero attached hydrogens (tertiary/aromatic N) is 1. The van der Waals surface area contributed by atoms with E-state index >= 15 is 0 Å². The third kappa shape index (κ3) is 2.60. The van der Waals surface area contributed by atoms with Gasteiger partial charge in [-0.2, -0.15) is 4.31 Å². The predicted molar refractivity (Wildman–Crippen MR) is 79.1 cm³/mol. The van der Waals surface area contributed by atoms with E-state index in [1.54, 1.807) is 18.2 Å². The highest BCUT2D eigenvalue weighted by Gasteiger charge is 2.41. The van der Waals surface area contributed by atoms with Crippen LogP contribution in [0.2, 0.25) is 0 Å². The molecule has 21 heavy (non-hydrogen) atoms. The van der Waals surface area contributed by atoms with Crippen LogP contribution < -0.4 is 5.32 Å². The summed E-state index contributed by atoms with van der Waals surface area (Å²) in [5, 5.41) is 3.41. The highest BCUT2D eigenvalue weighted by atomic mass is 32.2. The first-order valence-electron chi connectivity index (χ1n) is 7.40. The minimum absolute atomic E-state index is 0.259. The highest BCUT2D eigenvalue weighted by molar-refractivity contribution is 7.89. The number of nitrogens with one attached hydrogen (secondary N) is 1. The van der Waals surface area contributed by atoms with Gasteiger partial charge in [0, 0.05) is 19.1 Å². The summed E-state index contributed by atoms with van der Waals surface area (Å²) in [7, 11) is -3.55. The lowest BCUT2D eigenvalue weighted by Gasteiger charge is -2.24. The Morgan fingerprint density at radius 2 is 1.90 bits per heavy atom. The molecule has 1 aromatic carbocycles. The van der Waals surface area contributed by atoms with Crippen LogP contribution in [0.4, 0.5) is 4.39 Å². The maximum absolute atomic E-state index is 13.4. The van der Waals surface area contributed by atoms with Crippen LogP contribution >= 0.6 is 0 Å². The minimum atomic E-state index is -3.55. The molecule has 0 aliphatic carbocycles. The molecule has 0 spiro atoms. The first kappa shape index (κ1) is 14.9. The topological polar surface area (TPSA) is 49.4 Å². The Bertz CT molecular complexity index is 623. The minimum Gasteiger partial charge on any atom is -0.312 e. The van der Waals surface area contributed by atoms with E-state index in [4.69, 9.17) is 0 Å². The number of rotatable bonds is 2. The molecule has 2 unspecified atom stereocenters. The van der Waals surface area contributed by atoms with E-state index in [-0.39, 0.29) is 16.8 Å². The van der Waals surface area contributed by atoms with E-state index in [1.807, 2.05) is 0 Å². The van der Waals surface area contributed by atoms with Crippen LogP contribution in [-0.2, 0) is 10.0 Å². The number of piperidine rings is 1. The van der Waals surface area contributed by atoms with Gasteiger partial charge in [0.05, 0.1) is 4.90 Å². The van der Waals surface area contributed by atoms with Crippen molar-refractivity contribution >= 4 is 10.0 Å². The van der Waals surface area contributed by atoms with Crippen molar-refractivity contribution in [1.29, 1.82) is 0 Å². The molecule has 0 aromatic heterocycles. The molecule has 3 rings (SSSR count). The van der Waals surface area contributed by atoms with Crippen molar-refractivity contribution in [3.63, 3.8) is 0 Å². The molecule has 2 fully saturated rings. The van der Waals surface area contributed by atoms with Crippen LogP contribution in [0.15, 0.2) is 17.0 Å². The second-order valence-corrected chi connectivity index (χ2v) is 8.03. The lowest BCUT2D eigenvalue weighted by atomic mass is 9.94. The van der Waals surface area contributed by atoms with Crippen molar-refractivity contribution in [3.8, 4) is 0 Å². The van der Waals surface area contributed by atoms with Crippen LogP contribution in [0.5, 0.6) is 0 Å². The smallest absolute Gasteiger partial charge is 0.243 e. The Morgan fingerprint density at radius 3 is 2.52 bits per heavy atom. The van der Waals surface area contributed by atoms with Gasteiger partial charge in [0.15, 0.2) is 0 Å². The van der Waals surface area contributed by atoms with Crippen LogP contribution in [0.1, 0.15) is 24.0 Å². The average Bonchev–Trinajstić information content (AvgIpc) is 2.81. The third-order valence-electron chi connectivity index (χ3n) is 4.59. The van der Waals surface area contributed by atoms with Crippen molar-refractivity contribution in [2.75, 3.05) is 19.6 Å². The van der Waals surface area contributed by atoms with Crippen LogP contribution in [-0.4, -0.2) is 38.4 Å². The van der Waals surface area contributed by atoms with Crippen molar-refractivity contribution in [1.82, 2.24) is 9.62 Å². The van der Waals surface area contributed by atoms with E-state index < -0.39 is 10.0 Å². The molecule has 0 radical (unpaired) electrons. The van der Waals surface area contributed by atoms with Gasteiger partial charge in [0.25, 0.3) is 0 Å². The second kappa shape index (κ2) is 5.34. The molecular formula is C15H21FN2O2S.